The highest BCUT2D eigenvalue weighted by Crippen LogP contribution is 2.32. The van der Waals surface area contributed by atoms with Gasteiger partial charge in [0.1, 0.15) is 0 Å². The third-order valence-corrected chi connectivity index (χ3v) is 3.12. The van der Waals surface area contributed by atoms with E-state index >= 15 is 0 Å². The second-order valence-electron chi connectivity index (χ2n) is 4.00. The van der Waals surface area contributed by atoms with Crippen molar-refractivity contribution in [2.45, 2.75) is 50.5 Å². The van der Waals surface area contributed by atoms with Gasteiger partial charge in [0.2, 0.25) is 0 Å². The number of hydrazine groups is 1. The van der Waals surface area contributed by atoms with Crippen molar-refractivity contribution in [2.24, 2.45) is 0 Å². The van der Waals surface area contributed by atoms with E-state index in [4.69, 9.17) is 0 Å². The Balaban J connectivity index is 0.000000720. The zero-order valence-electron chi connectivity index (χ0n) is 7.57. The van der Waals surface area contributed by atoms with Crippen LogP contribution in [0.4, 0.5) is 0 Å². The zero-order chi connectivity index (χ0) is 7.57. The predicted molar refractivity (Wildman–Crippen MR) is 53.4 cm³/mol. The molecular weight excluding hydrogens is 172 g/mol. The third kappa shape index (κ3) is 2.12. The fourth-order valence-electron chi connectivity index (χ4n) is 2.43. The molecule has 1 aliphatic heterocycles. The van der Waals surface area contributed by atoms with Crippen LogP contribution in [0.5, 0.6) is 0 Å². The van der Waals surface area contributed by atoms with Crippen molar-refractivity contribution in [2.75, 3.05) is 6.54 Å². The topological polar surface area (TPSA) is 24.1 Å². The molecule has 1 saturated heterocycles. The van der Waals surface area contributed by atoms with Gasteiger partial charge >= 0.3 is 0 Å². The van der Waals surface area contributed by atoms with Crippen LogP contribution in [0.25, 0.3) is 0 Å². The fraction of sp³-hybridized carbons (Fsp3) is 1.00. The first kappa shape index (κ1) is 10.3. The van der Waals surface area contributed by atoms with E-state index in [9.17, 15) is 0 Å². The fourth-order valence-corrected chi connectivity index (χ4v) is 2.43. The van der Waals surface area contributed by atoms with E-state index in [1.54, 1.807) is 0 Å². The van der Waals surface area contributed by atoms with Gasteiger partial charge in [0, 0.05) is 12.1 Å². The Morgan fingerprint density at radius 2 is 1.50 bits per heavy atom. The molecule has 0 unspecified atom stereocenters. The highest BCUT2D eigenvalue weighted by Gasteiger charge is 2.32. The first-order valence-corrected chi connectivity index (χ1v) is 4.91. The molecule has 2 fully saturated rings. The summed E-state index contributed by atoms with van der Waals surface area (Å²) < 4.78 is 0. The number of halogens is 1. The maximum Gasteiger partial charge on any atom is 0.0324 e. The minimum absolute atomic E-state index is 0. The standard InChI is InChI=1S/C9H18N2.ClH/c1-2-5-9(6-3-1)7-4-8-10-11-9;/h10-11H,1-8H2;1H. The van der Waals surface area contributed by atoms with Crippen molar-refractivity contribution >= 4 is 12.4 Å². The normalized spacial score (nSPS) is 28.0. The number of hydrogen-bond donors (Lipinski definition) is 2. The van der Waals surface area contributed by atoms with Crippen molar-refractivity contribution < 1.29 is 0 Å². The summed E-state index contributed by atoms with van der Waals surface area (Å²) in [5.74, 6) is 0. The quantitative estimate of drug-likeness (QED) is 0.611. The minimum Gasteiger partial charge on any atom is -0.257 e. The van der Waals surface area contributed by atoms with Gasteiger partial charge in [0.25, 0.3) is 0 Å². The van der Waals surface area contributed by atoms with Crippen molar-refractivity contribution in [1.29, 1.82) is 0 Å². The van der Waals surface area contributed by atoms with Crippen LogP contribution in [-0.2, 0) is 0 Å². The van der Waals surface area contributed by atoms with Crippen LogP contribution in [-0.4, -0.2) is 12.1 Å². The lowest BCUT2D eigenvalue weighted by Gasteiger charge is -2.41. The summed E-state index contributed by atoms with van der Waals surface area (Å²) in [4.78, 5) is 0. The highest BCUT2D eigenvalue weighted by atomic mass is 35.5. The number of hydrogen-bond acceptors (Lipinski definition) is 2. The van der Waals surface area contributed by atoms with Crippen LogP contribution < -0.4 is 10.9 Å². The van der Waals surface area contributed by atoms with Gasteiger partial charge in [0.15, 0.2) is 0 Å². The maximum absolute atomic E-state index is 3.48. The summed E-state index contributed by atoms with van der Waals surface area (Å²) in [6.45, 7) is 1.15. The molecule has 0 aromatic rings. The van der Waals surface area contributed by atoms with Crippen LogP contribution in [0.1, 0.15) is 44.9 Å². The summed E-state index contributed by atoms with van der Waals surface area (Å²) in [6, 6.07) is 0. The average Bonchev–Trinajstić information content (AvgIpc) is 2.07. The van der Waals surface area contributed by atoms with E-state index in [1.807, 2.05) is 0 Å². The Hall–Kier alpha value is 0.210. The van der Waals surface area contributed by atoms with Gasteiger partial charge in [0.05, 0.1) is 0 Å². The third-order valence-electron chi connectivity index (χ3n) is 3.12. The van der Waals surface area contributed by atoms with Crippen LogP contribution in [0.15, 0.2) is 0 Å². The molecule has 0 radical (unpaired) electrons. The van der Waals surface area contributed by atoms with Crippen molar-refractivity contribution in [1.82, 2.24) is 10.9 Å². The lowest BCUT2D eigenvalue weighted by atomic mass is 9.78. The minimum atomic E-state index is 0. The molecule has 1 aliphatic carbocycles. The number of rotatable bonds is 0. The van der Waals surface area contributed by atoms with Gasteiger partial charge in [-0.05, 0) is 25.7 Å². The molecule has 1 saturated carbocycles. The molecule has 1 spiro atoms. The molecule has 0 atom stereocenters. The molecule has 12 heavy (non-hydrogen) atoms. The first-order valence-electron chi connectivity index (χ1n) is 4.91. The monoisotopic (exact) mass is 190 g/mol. The summed E-state index contributed by atoms with van der Waals surface area (Å²) >= 11 is 0. The highest BCUT2D eigenvalue weighted by molar-refractivity contribution is 5.85. The zero-order valence-corrected chi connectivity index (χ0v) is 8.38. The van der Waals surface area contributed by atoms with E-state index in [1.165, 1.54) is 44.9 Å². The van der Waals surface area contributed by atoms with Gasteiger partial charge < -0.3 is 0 Å². The van der Waals surface area contributed by atoms with Crippen LogP contribution in [0.2, 0.25) is 0 Å². The molecule has 2 N–H and O–H groups in total. The van der Waals surface area contributed by atoms with E-state index in [0.717, 1.165) is 6.54 Å². The molecule has 2 nitrogen and oxygen atoms in total. The molecule has 0 aromatic carbocycles. The molecule has 0 amide bonds. The van der Waals surface area contributed by atoms with Gasteiger partial charge in [-0.1, -0.05) is 19.3 Å². The van der Waals surface area contributed by atoms with Crippen molar-refractivity contribution in [3.05, 3.63) is 0 Å². The van der Waals surface area contributed by atoms with E-state index in [2.05, 4.69) is 10.9 Å². The van der Waals surface area contributed by atoms with Gasteiger partial charge in [-0.15, -0.1) is 12.4 Å². The Morgan fingerprint density at radius 3 is 2.08 bits per heavy atom. The maximum atomic E-state index is 3.48. The van der Waals surface area contributed by atoms with E-state index in [-0.39, 0.29) is 12.4 Å². The lowest BCUT2D eigenvalue weighted by Crippen LogP contribution is -2.57. The van der Waals surface area contributed by atoms with Gasteiger partial charge in [-0.25, -0.2) is 0 Å². The van der Waals surface area contributed by atoms with Crippen LogP contribution in [0, 0.1) is 0 Å². The summed E-state index contributed by atoms with van der Waals surface area (Å²) in [7, 11) is 0. The van der Waals surface area contributed by atoms with Gasteiger partial charge in [-0.3, -0.25) is 10.9 Å². The molecule has 2 aliphatic rings. The second-order valence-corrected chi connectivity index (χ2v) is 4.00. The molecular formula is C9H19ClN2. The Labute approximate surface area is 80.9 Å². The van der Waals surface area contributed by atoms with Crippen LogP contribution in [0.3, 0.4) is 0 Å². The second kappa shape index (κ2) is 4.45. The van der Waals surface area contributed by atoms with E-state index < -0.39 is 0 Å². The van der Waals surface area contributed by atoms with Crippen molar-refractivity contribution in [3.63, 3.8) is 0 Å². The molecule has 72 valence electrons. The Bertz CT molecular complexity index is 107. The summed E-state index contributed by atoms with van der Waals surface area (Å²) in [5.41, 5.74) is 7.28. The molecule has 0 aromatic heterocycles. The first-order chi connectivity index (χ1) is 5.41. The molecule has 1 heterocycles. The molecule has 3 heteroatoms. The van der Waals surface area contributed by atoms with E-state index in [0.29, 0.717) is 5.54 Å². The summed E-state index contributed by atoms with van der Waals surface area (Å²) in [6.07, 6.45) is 9.82. The average molecular weight is 191 g/mol. The largest absolute Gasteiger partial charge is 0.257 e. The summed E-state index contributed by atoms with van der Waals surface area (Å²) in [5, 5.41) is 0. The molecule has 0 bridgehead atoms. The lowest BCUT2D eigenvalue weighted by molar-refractivity contribution is 0.156. The predicted octanol–water partition coefficient (Wildman–Crippen LogP) is 2.00. The smallest absolute Gasteiger partial charge is 0.0324 e. The van der Waals surface area contributed by atoms with Crippen molar-refractivity contribution in [3.8, 4) is 0 Å². The van der Waals surface area contributed by atoms with Gasteiger partial charge in [-0.2, -0.15) is 0 Å². The Kier molecular flexibility index (Phi) is 3.81. The SMILES string of the molecule is C1CCC2(CC1)CCCNN2.Cl. The molecule has 2 rings (SSSR count). The Morgan fingerprint density at radius 1 is 0.833 bits per heavy atom. The van der Waals surface area contributed by atoms with Crippen LogP contribution >= 0.6 is 12.4 Å². The number of nitrogens with one attached hydrogen (secondary N) is 2.